The maximum Gasteiger partial charge on any atom is 0.195 e. The van der Waals surface area contributed by atoms with E-state index in [-0.39, 0.29) is 6.04 Å². The number of furan rings is 1. The molecule has 0 aliphatic carbocycles. The molecule has 1 atom stereocenters. The van der Waals surface area contributed by atoms with Gasteiger partial charge in [-0.05, 0) is 50.2 Å². The summed E-state index contributed by atoms with van der Waals surface area (Å²) in [6.45, 7) is 2.89. The molecule has 7 nitrogen and oxygen atoms in total. The first kappa shape index (κ1) is 19.1. The Hall–Kier alpha value is -2.67. The lowest BCUT2D eigenvalue weighted by Crippen LogP contribution is -2.39. The van der Waals surface area contributed by atoms with Crippen LogP contribution in [0.3, 0.4) is 0 Å². The van der Waals surface area contributed by atoms with Gasteiger partial charge < -0.3 is 24.5 Å². The molecule has 1 aromatic heterocycles. The Balaban J connectivity index is 1.65. The van der Waals surface area contributed by atoms with Gasteiger partial charge in [0.1, 0.15) is 5.76 Å². The van der Waals surface area contributed by atoms with Crippen LogP contribution >= 0.6 is 0 Å². The molecule has 2 heterocycles. The topological polar surface area (TPSA) is 71.3 Å². The fourth-order valence-electron chi connectivity index (χ4n) is 3.37. The third kappa shape index (κ3) is 4.74. The molecule has 2 aromatic rings. The minimum Gasteiger partial charge on any atom is -0.493 e. The van der Waals surface area contributed by atoms with Crippen molar-refractivity contribution in [3.05, 3.63) is 42.4 Å². The third-order valence-electron chi connectivity index (χ3n) is 4.79. The van der Waals surface area contributed by atoms with Crippen LogP contribution < -0.4 is 20.1 Å². The highest BCUT2D eigenvalue weighted by Crippen LogP contribution is 2.30. The van der Waals surface area contributed by atoms with Crippen LogP contribution in [0.1, 0.15) is 24.6 Å². The summed E-state index contributed by atoms with van der Waals surface area (Å²) in [6, 6.07) is 9.84. The first-order valence-corrected chi connectivity index (χ1v) is 9.22. The second-order valence-corrected chi connectivity index (χ2v) is 6.42. The van der Waals surface area contributed by atoms with Crippen LogP contribution in [-0.2, 0) is 0 Å². The summed E-state index contributed by atoms with van der Waals surface area (Å²) in [5.74, 6) is 3.03. The zero-order chi connectivity index (χ0) is 19.1. The molecule has 1 aliphatic rings. The van der Waals surface area contributed by atoms with Gasteiger partial charge in [-0.3, -0.25) is 9.89 Å². The van der Waals surface area contributed by atoms with E-state index in [4.69, 9.17) is 13.9 Å². The number of aliphatic imine (C=N–C) groups is 1. The number of benzene rings is 1. The quantitative estimate of drug-likeness (QED) is 0.575. The van der Waals surface area contributed by atoms with Crippen molar-refractivity contribution < 1.29 is 13.9 Å². The predicted octanol–water partition coefficient (Wildman–Crippen LogP) is 3.12. The van der Waals surface area contributed by atoms with Gasteiger partial charge in [-0.25, -0.2) is 0 Å². The van der Waals surface area contributed by atoms with Crippen molar-refractivity contribution in [3.8, 4) is 11.5 Å². The summed E-state index contributed by atoms with van der Waals surface area (Å²) in [7, 11) is 5.01. The van der Waals surface area contributed by atoms with E-state index in [9.17, 15) is 0 Å². The van der Waals surface area contributed by atoms with Crippen molar-refractivity contribution in [1.29, 1.82) is 0 Å². The number of ether oxygens (including phenoxy) is 2. The Morgan fingerprint density at radius 1 is 1.19 bits per heavy atom. The molecule has 7 heteroatoms. The normalized spacial score (nSPS) is 16.2. The summed E-state index contributed by atoms with van der Waals surface area (Å²) in [4.78, 5) is 6.79. The number of likely N-dealkylation sites (tertiary alicyclic amines) is 1. The molecule has 0 amide bonds. The van der Waals surface area contributed by atoms with Crippen LogP contribution in [0.15, 0.2) is 46.0 Å². The molecule has 146 valence electrons. The molecule has 0 saturated carbocycles. The molecular formula is C20H28N4O3. The molecule has 27 heavy (non-hydrogen) atoms. The monoisotopic (exact) mass is 372 g/mol. The molecule has 3 rings (SSSR count). The summed E-state index contributed by atoms with van der Waals surface area (Å²) >= 11 is 0. The van der Waals surface area contributed by atoms with Crippen LogP contribution in [0.25, 0.3) is 0 Å². The average Bonchev–Trinajstić information content (AvgIpc) is 3.41. The smallest absolute Gasteiger partial charge is 0.195 e. The van der Waals surface area contributed by atoms with Crippen LogP contribution in [0.2, 0.25) is 0 Å². The summed E-state index contributed by atoms with van der Waals surface area (Å²) in [6.07, 6.45) is 4.20. The Bertz CT molecular complexity index is 740. The van der Waals surface area contributed by atoms with Crippen LogP contribution in [0.4, 0.5) is 5.69 Å². The van der Waals surface area contributed by atoms with E-state index in [1.165, 1.54) is 12.8 Å². The summed E-state index contributed by atoms with van der Waals surface area (Å²) in [5, 5.41) is 6.71. The highest BCUT2D eigenvalue weighted by atomic mass is 16.5. The van der Waals surface area contributed by atoms with Crippen molar-refractivity contribution in [3.63, 3.8) is 0 Å². The highest BCUT2D eigenvalue weighted by molar-refractivity contribution is 5.93. The van der Waals surface area contributed by atoms with Crippen molar-refractivity contribution in [2.45, 2.75) is 18.9 Å². The lowest BCUT2D eigenvalue weighted by molar-refractivity contribution is 0.216. The predicted molar refractivity (Wildman–Crippen MR) is 107 cm³/mol. The minimum absolute atomic E-state index is 0.187. The van der Waals surface area contributed by atoms with Gasteiger partial charge in [0.05, 0.1) is 26.5 Å². The molecule has 2 N–H and O–H groups in total. The molecule has 0 bridgehead atoms. The van der Waals surface area contributed by atoms with Crippen molar-refractivity contribution >= 4 is 11.6 Å². The van der Waals surface area contributed by atoms with E-state index in [1.807, 2.05) is 30.3 Å². The van der Waals surface area contributed by atoms with Gasteiger partial charge in [0, 0.05) is 25.3 Å². The van der Waals surface area contributed by atoms with Crippen LogP contribution in [-0.4, -0.2) is 51.8 Å². The standard InChI is InChI=1S/C20H28N4O3/c1-21-20(23-15-8-9-18(25-2)19(13-15)26-3)22-14-16(17-7-6-12-27-17)24-10-4-5-11-24/h6-9,12-13,16H,4-5,10-11,14H2,1-3H3,(H2,21,22,23). The highest BCUT2D eigenvalue weighted by Gasteiger charge is 2.25. The van der Waals surface area contributed by atoms with Gasteiger partial charge in [0.15, 0.2) is 17.5 Å². The van der Waals surface area contributed by atoms with E-state index < -0.39 is 0 Å². The van der Waals surface area contributed by atoms with Gasteiger partial charge in [-0.2, -0.15) is 0 Å². The molecular weight excluding hydrogens is 344 g/mol. The van der Waals surface area contributed by atoms with E-state index in [1.54, 1.807) is 27.5 Å². The van der Waals surface area contributed by atoms with Crippen LogP contribution in [0.5, 0.6) is 11.5 Å². The lowest BCUT2D eigenvalue weighted by Gasteiger charge is -2.26. The van der Waals surface area contributed by atoms with Crippen LogP contribution in [0, 0.1) is 0 Å². The zero-order valence-corrected chi connectivity index (χ0v) is 16.2. The Morgan fingerprint density at radius 2 is 1.96 bits per heavy atom. The van der Waals surface area contributed by atoms with E-state index in [0.29, 0.717) is 24.0 Å². The van der Waals surface area contributed by atoms with Crippen molar-refractivity contribution in [2.75, 3.05) is 46.2 Å². The molecule has 1 aromatic carbocycles. The largest absolute Gasteiger partial charge is 0.493 e. The van der Waals surface area contributed by atoms with Crippen molar-refractivity contribution in [2.24, 2.45) is 4.99 Å². The molecule has 1 saturated heterocycles. The van der Waals surface area contributed by atoms with E-state index in [0.717, 1.165) is 24.5 Å². The number of hydrogen-bond acceptors (Lipinski definition) is 5. The Kier molecular flexibility index (Phi) is 6.59. The fourth-order valence-corrected chi connectivity index (χ4v) is 3.37. The van der Waals surface area contributed by atoms with E-state index in [2.05, 4.69) is 20.5 Å². The first-order valence-electron chi connectivity index (χ1n) is 9.22. The minimum atomic E-state index is 0.187. The Morgan fingerprint density at radius 3 is 2.59 bits per heavy atom. The van der Waals surface area contributed by atoms with Gasteiger partial charge >= 0.3 is 0 Å². The lowest BCUT2D eigenvalue weighted by atomic mass is 10.2. The maximum absolute atomic E-state index is 5.68. The van der Waals surface area contributed by atoms with Gasteiger partial charge in [-0.15, -0.1) is 0 Å². The molecule has 1 aliphatic heterocycles. The number of guanidine groups is 1. The number of methoxy groups -OCH3 is 2. The zero-order valence-electron chi connectivity index (χ0n) is 16.2. The van der Waals surface area contributed by atoms with Gasteiger partial charge in [-0.1, -0.05) is 0 Å². The number of anilines is 1. The number of nitrogens with one attached hydrogen (secondary N) is 2. The summed E-state index contributed by atoms with van der Waals surface area (Å²) in [5.41, 5.74) is 0.872. The molecule has 0 radical (unpaired) electrons. The SMILES string of the molecule is CN=C(NCC(c1ccco1)N1CCCC1)Nc1ccc(OC)c(OC)c1. The summed E-state index contributed by atoms with van der Waals surface area (Å²) < 4.78 is 16.3. The number of nitrogens with zero attached hydrogens (tertiary/aromatic N) is 2. The van der Waals surface area contributed by atoms with E-state index >= 15 is 0 Å². The maximum atomic E-state index is 5.68. The number of hydrogen-bond donors (Lipinski definition) is 2. The molecule has 1 unspecified atom stereocenters. The third-order valence-corrected chi connectivity index (χ3v) is 4.79. The molecule has 1 fully saturated rings. The second kappa shape index (κ2) is 9.32. The van der Waals surface area contributed by atoms with Gasteiger partial charge in [0.2, 0.25) is 0 Å². The molecule has 0 spiro atoms. The first-order chi connectivity index (χ1) is 13.2. The van der Waals surface area contributed by atoms with Crippen molar-refractivity contribution in [1.82, 2.24) is 10.2 Å². The number of rotatable bonds is 7. The Labute approximate surface area is 160 Å². The fraction of sp³-hybridized carbons (Fsp3) is 0.450. The average molecular weight is 372 g/mol. The van der Waals surface area contributed by atoms with Gasteiger partial charge in [0.25, 0.3) is 0 Å². The second-order valence-electron chi connectivity index (χ2n) is 6.42.